The molecule has 0 radical (unpaired) electrons. The topological polar surface area (TPSA) is 71.1 Å². The standard InChI is InChI=1S/C16H20N4O2S/c1-2-20-13-8-4-3-7-12(13)14(15(20)21)18-19-16(23)17-10-11-6-5-9-22-11/h3-4,7-8,11,21H,2,5-6,9-10H2,1H3,(H,17,23). The molecule has 2 heterocycles. The van der Waals surface area contributed by atoms with E-state index in [-0.39, 0.29) is 12.0 Å². The van der Waals surface area contributed by atoms with Crippen molar-refractivity contribution >= 4 is 33.9 Å². The lowest BCUT2D eigenvalue weighted by Crippen LogP contribution is -2.29. The zero-order valence-corrected chi connectivity index (χ0v) is 13.8. The molecular weight excluding hydrogens is 312 g/mol. The average molecular weight is 332 g/mol. The maximum Gasteiger partial charge on any atom is 0.220 e. The van der Waals surface area contributed by atoms with Crippen molar-refractivity contribution in [2.24, 2.45) is 10.2 Å². The van der Waals surface area contributed by atoms with Gasteiger partial charge in [-0.1, -0.05) is 18.2 Å². The first-order valence-corrected chi connectivity index (χ1v) is 8.23. The zero-order valence-electron chi connectivity index (χ0n) is 13.0. The Balaban J connectivity index is 1.75. The third-order valence-electron chi connectivity index (χ3n) is 3.98. The van der Waals surface area contributed by atoms with Crippen molar-refractivity contribution in [3.8, 4) is 5.88 Å². The van der Waals surface area contributed by atoms with Gasteiger partial charge in [0.1, 0.15) is 0 Å². The molecule has 0 aliphatic carbocycles. The van der Waals surface area contributed by atoms with E-state index in [1.54, 1.807) is 4.57 Å². The number of thiocarbonyl (C=S) groups is 1. The number of aromatic hydroxyl groups is 1. The highest BCUT2D eigenvalue weighted by molar-refractivity contribution is 7.80. The van der Waals surface area contributed by atoms with Gasteiger partial charge in [0.2, 0.25) is 11.0 Å². The molecule has 23 heavy (non-hydrogen) atoms. The minimum Gasteiger partial charge on any atom is -0.493 e. The molecule has 1 aromatic carbocycles. The highest BCUT2D eigenvalue weighted by Crippen LogP contribution is 2.38. The van der Waals surface area contributed by atoms with Crippen LogP contribution >= 0.6 is 12.2 Å². The van der Waals surface area contributed by atoms with E-state index in [1.165, 1.54) is 0 Å². The number of hydrogen-bond acceptors (Lipinski definition) is 4. The second-order valence-electron chi connectivity index (χ2n) is 5.45. The molecule has 1 unspecified atom stereocenters. The number of rotatable bonds is 4. The molecule has 6 nitrogen and oxygen atoms in total. The van der Waals surface area contributed by atoms with Crippen molar-refractivity contribution < 1.29 is 9.84 Å². The third-order valence-corrected chi connectivity index (χ3v) is 4.21. The fraction of sp³-hybridized carbons (Fsp3) is 0.438. The summed E-state index contributed by atoms with van der Waals surface area (Å²) in [6.45, 7) is 4.08. The quantitative estimate of drug-likeness (QED) is 0.664. The Bertz CT molecular complexity index is 735. The van der Waals surface area contributed by atoms with Gasteiger partial charge in [-0.05, 0) is 38.0 Å². The van der Waals surface area contributed by atoms with Crippen LogP contribution in [0.25, 0.3) is 10.9 Å². The molecule has 3 rings (SSSR count). The van der Waals surface area contributed by atoms with Gasteiger partial charge in [-0.15, -0.1) is 10.2 Å². The summed E-state index contributed by atoms with van der Waals surface area (Å²) in [4.78, 5) is 0. The molecule has 1 aliphatic heterocycles. The van der Waals surface area contributed by atoms with Crippen LogP contribution in [0.15, 0.2) is 34.5 Å². The Morgan fingerprint density at radius 1 is 1.48 bits per heavy atom. The predicted molar refractivity (Wildman–Crippen MR) is 93.4 cm³/mol. The minimum absolute atomic E-state index is 0.111. The summed E-state index contributed by atoms with van der Waals surface area (Å²) in [5.41, 5.74) is 1.38. The minimum atomic E-state index is 0.111. The highest BCUT2D eigenvalue weighted by Gasteiger charge is 2.16. The van der Waals surface area contributed by atoms with E-state index in [0.717, 1.165) is 30.4 Å². The molecule has 1 aliphatic rings. The van der Waals surface area contributed by atoms with Gasteiger partial charge >= 0.3 is 0 Å². The summed E-state index contributed by atoms with van der Waals surface area (Å²) < 4.78 is 7.32. The second-order valence-corrected chi connectivity index (χ2v) is 5.84. The summed E-state index contributed by atoms with van der Waals surface area (Å²) in [7, 11) is 0. The van der Waals surface area contributed by atoms with Gasteiger partial charge in [0.05, 0.1) is 11.6 Å². The summed E-state index contributed by atoms with van der Waals surface area (Å²) in [5, 5.41) is 22.7. The Labute approximate surface area is 140 Å². The van der Waals surface area contributed by atoms with Crippen molar-refractivity contribution in [1.29, 1.82) is 0 Å². The first-order valence-electron chi connectivity index (χ1n) is 7.82. The van der Waals surface area contributed by atoms with Gasteiger partial charge in [-0.2, -0.15) is 0 Å². The molecule has 0 bridgehead atoms. The number of aromatic nitrogens is 1. The first kappa shape index (κ1) is 15.9. The van der Waals surface area contributed by atoms with Crippen LogP contribution in [0.3, 0.4) is 0 Å². The number of nitrogens with zero attached hydrogens (tertiary/aromatic N) is 3. The van der Waals surface area contributed by atoms with Crippen LogP contribution in [-0.4, -0.2) is 34.0 Å². The molecule has 1 atom stereocenters. The Morgan fingerprint density at radius 3 is 3.04 bits per heavy atom. The van der Waals surface area contributed by atoms with Crippen molar-refractivity contribution in [2.75, 3.05) is 13.2 Å². The van der Waals surface area contributed by atoms with Crippen molar-refractivity contribution in [3.05, 3.63) is 24.3 Å². The lowest BCUT2D eigenvalue weighted by atomic mass is 10.2. The predicted octanol–water partition coefficient (Wildman–Crippen LogP) is 3.50. The van der Waals surface area contributed by atoms with Crippen LogP contribution < -0.4 is 5.32 Å². The summed E-state index contributed by atoms with van der Waals surface area (Å²) >= 11 is 5.17. The summed E-state index contributed by atoms with van der Waals surface area (Å²) in [6, 6.07) is 7.71. The molecule has 1 saturated heterocycles. The Morgan fingerprint density at radius 2 is 2.30 bits per heavy atom. The maximum atomic E-state index is 10.4. The van der Waals surface area contributed by atoms with Gasteiger partial charge in [-0.3, -0.25) is 0 Å². The van der Waals surface area contributed by atoms with Crippen LogP contribution in [0.1, 0.15) is 19.8 Å². The number of para-hydroxylation sites is 1. The summed E-state index contributed by atoms with van der Waals surface area (Å²) in [5.74, 6) is 0.111. The van der Waals surface area contributed by atoms with E-state index in [1.807, 2.05) is 31.2 Å². The Hall–Kier alpha value is -1.99. The van der Waals surface area contributed by atoms with Gasteiger partial charge in [-0.25, -0.2) is 0 Å². The lowest BCUT2D eigenvalue weighted by molar-refractivity contribution is 0.114. The van der Waals surface area contributed by atoms with E-state index in [0.29, 0.717) is 23.9 Å². The fourth-order valence-electron chi connectivity index (χ4n) is 2.83. The molecule has 1 aromatic heterocycles. The number of azo groups is 1. The number of ether oxygens (including phenoxy) is 1. The second kappa shape index (κ2) is 7.06. The number of hydrogen-bond donors (Lipinski definition) is 2. The smallest absolute Gasteiger partial charge is 0.220 e. The van der Waals surface area contributed by atoms with Crippen LogP contribution in [0.2, 0.25) is 0 Å². The highest BCUT2D eigenvalue weighted by atomic mass is 32.1. The third kappa shape index (κ3) is 3.35. The summed E-state index contributed by atoms with van der Waals surface area (Å²) in [6.07, 6.45) is 2.32. The molecule has 2 aromatic rings. The van der Waals surface area contributed by atoms with Crippen molar-refractivity contribution in [3.63, 3.8) is 0 Å². The van der Waals surface area contributed by atoms with E-state index >= 15 is 0 Å². The van der Waals surface area contributed by atoms with Crippen LogP contribution in [0.4, 0.5) is 5.69 Å². The number of aryl methyl sites for hydroxylation is 1. The van der Waals surface area contributed by atoms with Gasteiger partial charge in [0, 0.05) is 25.1 Å². The maximum absolute atomic E-state index is 10.4. The lowest BCUT2D eigenvalue weighted by Gasteiger charge is -2.09. The van der Waals surface area contributed by atoms with Crippen LogP contribution in [0, 0.1) is 0 Å². The zero-order chi connectivity index (χ0) is 16.2. The van der Waals surface area contributed by atoms with Crippen LogP contribution in [0.5, 0.6) is 5.88 Å². The Kier molecular flexibility index (Phi) is 4.88. The largest absolute Gasteiger partial charge is 0.493 e. The first-order chi connectivity index (χ1) is 11.2. The normalized spacial score (nSPS) is 18.0. The van der Waals surface area contributed by atoms with E-state index < -0.39 is 0 Å². The van der Waals surface area contributed by atoms with Crippen LogP contribution in [-0.2, 0) is 11.3 Å². The van der Waals surface area contributed by atoms with E-state index in [2.05, 4.69) is 15.5 Å². The molecule has 0 spiro atoms. The molecule has 1 fully saturated rings. The molecule has 0 amide bonds. The van der Waals surface area contributed by atoms with Gasteiger partial charge in [0.15, 0.2) is 5.69 Å². The van der Waals surface area contributed by atoms with E-state index in [4.69, 9.17) is 17.0 Å². The monoisotopic (exact) mass is 332 g/mol. The van der Waals surface area contributed by atoms with Crippen molar-refractivity contribution in [1.82, 2.24) is 9.88 Å². The van der Waals surface area contributed by atoms with Gasteiger partial charge < -0.3 is 19.7 Å². The molecule has 2 N–H and O–H groups in total. The molecule has 0 saturated carbocycles. The fourth-order valence-corrected chi connectivity index (χ4v) is 2.95. The molecule has 122 valence electrons. The number of nitrogens with one attached hydrogen (secondary N) is 1. The molecule has 7 heteroatoms. The average Bonchev–Trinajstić information content (AvgIpc) is 3.17. The number of benzene rings is 1. The van der Waals surface area contributed by atoms with E-state index in [9.17, 15) is 5.11 Å². The SMILES string of the molecule is CCn1c(O)c(N=NC(=S)NCC2CCCO2)c2ccccc21. The van der Waals surface area contributed by atoms with Crippen molar-refractivity contribution in [2.45, 2.75) is 32.4 Å². The number of fused-ring (bicyclic) bond motifs is 1. The van der Waals surface area contributed by atoms with Gasteiger partial charge in [0.25, 0.3) is 0 Å². The molecular formula is C16H20N4O2S.